The molecule has 5 nitrogen and oxygen atoms in total. The third kappa shape index (κ3) is 2.18. The lowest BCUT2D eigenvalue weighted by Gasteiger charge is -2.23. The number of carbonyl (C=O) groups excluding carboxylic acids is 1. The number of hydrogen-bond donors (Lipinski definition) is 1. The van der Waals surface area contributed by atoms with Gasteiger partial charge < -0.3 is 10.1 Å². The molecule has 1 aromatic rings. The SMILES string of the molecule is O=C1OCCN1c1cccc(C2CCNCC2)n1. The van der Waals surface area contributed by atoms with Crippen LogP contribution in [0, 0.1) is 0 Å². The van der Waals surface area contributed by atoms with E-state index in [-0.39, 0.29) is 6.09 Å². The normalized spacial score (nSPS) is 21.1. The molecule has 18 heavy (non-hydrogen) atoms. The molecule has 1 N–H and O–H groups in total. The van der Waals surface area contributed by atoms with E-state index in [1.807, 2.05) is 12.1 Å². The lowest BCUT2D eigenvalue weighted by atomic mass is 9.94. The number of nitrogens with zero attached hydrogens (tertiary/aromatic N) is 2. The second-order valence-electron chi connectivity index (χ2n) is 4.71. The number of aromatic nitrogens is 1. The lowest BCUT2D eigenvalue weighted by Crippen LogP contribution is -2.28. The molecule has 2 saturated heterocycles. The molecular weight excluding hydrogens is 230 g/mol. The minimum absolute atomic E-state index is 0.287. The summed E-state index contributed by atoms with van der Waals surface area (Å²) in [5.74, 6) is 1.22. The number of cyclic esters (lactones) is 1. The van der Waals surface area contributed by atoms with E-state index < -0.39 is 0 Å². The van der Waals surface area contributed by atoms with Crippen LogP contribution in [0.3, 0.4) is 0 Å². The van der Waals surface area contributed by atoms with Crippen LogP contribution in [0.2, 0.25) is 0 Å². The number of piperidine rings is 1. The van der Waals surface area contributed by atoms with E-state index >= 15 is 0 Å². The zero-order chi connectivity index (χ0) is 12.4. The molecule has 96 valence electrons. The van der Waals surface area contributed by atoms with Gasteiger partial charge in [0.25, 0.3) is 0 Å². The minimum atomic E-state index is -0.287. The molecule has 1 amide bonds. The van der Waals surface area contributed by atoms with Gasteiger partial charge in [-0.2, -0.15) is 0 Å². The molecule has 1 aromatic heterocycles. The number of pyridine rings is 1. The van der Waals surface area contributed by atoms with Gasteiger partial charge in [0.1, 0.15) is 12.4 Å². The highest BCUT2D eigenvalue weighted by Crippen LogP contribution is 2.26. The molecule has 0 bridgehead atoms. The molecule has 3 heterocycles. The second-order valence-corrected chi connectivity index (χ2v) is 4.71. The summed E-state index contributed by atoms with van der Waals surface area (Å²) in [6.45, 7) is 3.14. The van der Waals surface area contributed by atoms with Crippen molar-refractivity contribution in [1.82, 2.24) is 10.3 Å². The zero-order valence-electron chi connectivity index (χ0n) is 10.3. The average molecular weight is 247 g/mol. The van der Waals surface area contributed by atoms with Crippen LogP contribution in [-0.4, -0.2) is 37.3 Å². The predicted molar refractivity (Wildman–Crippen MR) is 67.8 cm³/mol. The first kappa shape index (κ1) is 11.5. The highest BCUT2D eigenvalue weighted by atomic mass is 16.6. The number of rotatable bonds is 2. The summed E-state index contributed by atoms with van der Waals surface area (Å²) in [6.07, 6.45) is 1.94. The highest BCUT2D eigenvalue weighted by Gasteiger charge is 2.25. The molecule has 0 aromatic carbocycles. The molecule has 0 atom stereocenters. The summed E-state index contributed by atoms with van der Waals surface area (Å²) in [6, 6.07) is 5.91. The number of anilines is 1. The van der Waals surface area contributed by atoms with Crippen LogP contribution >= 0.6 is 0 Å². The Bertz CT molecular complexity index is 444. The van der Waals surface area contributed by atoms with Gasteiger partial charge >= 0.3 is 6.09 Å². The molecule has 5 heteroatoms. The topological polar surface area (TPSA) is 54.5 Å². The van der Waals surface area contributed by atoms with Crippen molar-refractivity contribution >= 4 is 11.9 Å². The first-order chi connectivity index (χ1) is 8.84. The predicted octanol–water partition coefficient (Wildman–Crippen LogP) is 1.51. The van der Waals surface area contributed by atoms with Crippen molar-refractivity contribution in [3.63, 3.8) is 0 Å². The molecule has 0 radical (unpaired) electrons. The minimum Gasteiger partial charge on any atom is -0.447 e. The quantitative estimate of drug-likeness (QED) is 0.860. The van der Waals surface area contributed by atoms with Gasteiger partial charge in [0.05, 0.1) is 6.54 Å². The van der Waals surface area contributed by atoms with Crippen molar-refractivity contribution < 1.29 is 9.53 Å². The number of hydrogen-bond acceptors (Lipinski definition) is 4. The van der Waals surface area contributed by atoms with E-state index in [0.717, 1.165) is 31.6 Å². The smallest absolute Gasteiger partial charge is 0.415 e. The van der Waals surface area contributed by atoms with Crippen LogP contribution in [0.15, 0.2) is 18.2 Å². The van der Waals surface area contributed by atoms with Crippen molar-refractivity contribution in [2.45, 2.75) is 18.8 Å². The van der Waals surface area contributed by atoms with Crippen molar-refractivity contribution in [3.8, 4) is 0 Å². The standard InChI is InChI=1S/C13H17N3O2/c17-13-16(8-9-18-13)12-3-1-2-11(15-12)10-4-6-14-7-5-10/h1-3,10,14H,4-9H2. The van der Waals surface area contributed by atoms with Crippen LogP contribution in [0.1, 0.15) is 24.5 Å². The fourth-order valence-corrected chi connectivity index (χ4v) is 2.54. The summed E-state index contributed by atoms with van der Waals surface area (Å²) in [5.41, 5.74) is 1.09. The second kappa shape index (κ2) is 4.94. The van der Waals surface area contributed by atoms with Gasteiger partial charge in [0.15, 0.2) is 0 Å². The molecular formula is C13H17N3O2. The Morgan fingerprint density at radius 2 is 2.17 bits per heavy atom. The average Bonchev–Trinajstić information content (AvgIpc) is 2.86. The Balaban J connectivity index is 1.82. The molecule has 0 aliphatic carbocycles. The van der Waals surface area contributed by atoms with Crippen molar-refractivity contribution in [3.05, 3.63) is 23.9 Å². The van der Waals surface area contributed by atoms with Crippen LogP contribution in [0.25, 0.3) is 0 Å². The summed E-state index contributed by atoms with van der Waals surface area (Å²) in [7, 11) is 0. The summed E-state index contributed by atoms with van der Waals surface area (Å²) >= 11 is 0. The van der Waals surface area contributed by atoms with Crippen LogP contribution < -0.4 is 10.2 Å². The first-order valence-corrected chi connectivity index (χ1v) is 6.46. The first-order valence-electron chi connectivity index (χ1n) is 6.46. The van der Waals surface area contributed by atoms with Crippen LogP contribution in [0.5, 0.6) is 0 Å². The Morgan fingerprint density at radius 3 is 2.89 bits per heavy atom. The molecule has 2 aliphatic heterocycles. The third-order valence-corrected chi connectivity index (χ3v) is 3.55. The number of nitrogens with one attached hydrogen (secondary N) is 1. The van der Waals surface area contributed by atoms with E-state index in [4.69, 9.17) is 4.74 Å². The van der Waals surface area contributed by atoms with Crippen molar-refractivity contribution in [2.24, 2.45) is 0 Å². The summed E-state index contributed by atoms with van der Waals surface area (Å²) in [4.78, 5) is 17.7. The maximum absolute atomic E-state index is 11.5. The Morgan fingerprint density at radius 1 is 1.33 bits per heavy atom. The Hall–Kier alpha value is -1.62. The van der Waals surface area contributed by atoms with E-state index in [0.29, 0.717) is 24.9 Å². The van der Waals surface area contributed by atoms with Gasteiger partial charge in [-0.15, -0.1) is 0 Å². The Kier molecular flexibility index (Phi) is 3.15. The number of amides is 1. The van der Waals surface area contributed by atoms with Gasteiger partial charge in [0.2, 0.25) is 0 Å². The lowest BCUT2D eigenvalue weighted by molar-refractivity contribution is 0.181. The monoisotopic (exact) mass is 247 g/mol. The molecule has 0 spiro atoms. The summed E-state index contributed by atoms with van der Waals surface area (Å²) < 4.78 is 4.94. The fraction of sp³-hybridized carbons (Fsp3) is 0.538. The number of ether oxygens (including phenoxy) is 1. The third-order valence-electron chi connectivity index (χ3n) is 3.55. The molecule has 2 fully saturated rings. The van der Waals surface area contributed by atoms with Gasteiger partial charge in [-0.05, 0) is 38.1 Å². The number of carbonyl (C=O) groups is 1. The Labute approximate surface area is 106 Å². The van der Waals surface area contributed by atoms with Crippen LogP contribution in [0.4, 0.5) is 10.6 Å². The van der Waals surface area contributed by atoms with E-state index in [1.165, 1.54) is 0 Å². The van der Waals surface area contributed by atoms with Crippen molar-refractivity contribution in [2.75, 3.05) is 31.1 Å². The zero-order valence-corrected chi connectivity index (χ0v) is 10.3. The van der Waals surface area contributed by atoms with Gasteiger partial charge in [0, 0.05) is 11.6 Å². The van der Waals surface area contributed by atoms with Gasteiger partial charge in [-0.25, -0.2) is 9.78 Å². The van der Waals surface area contributed by atoms with Gasteiger partial charge in [-0.3, -0.25) is 4.90 Å². The van der Waals surface area contributed by atoms with Crippen LogP contribution in [-0.2, 0) is 4.74 Å². The largest absolute Gasteiger partial charge is 0.447 e. The highest BCUT2D eigenvalue weighted by molar-refractivity contribution is 5.88. The van der Waals surface area contributed by atoms with E-state index in [1.54, 1.807) is 4.90 Å². The maximum atomic E-state index is 11.5. The molecule has 0 saturated carbocycles. The molecule has 0 unspecified atom stereocenters. The maximum Gasteiger partial charge on any atom is 0.415 e. The van der Waals surface area contributed by atoms with E-state index in [9.17, 15) is 4.79 Å². The fourth-order valence-electron chi connectivity index (χ4n) is 2.54. The summed E-state index contributed by atoms with van der Waals surface area (Å²) in [5, 5.41) is 3.35. The van der Waals surface area contributed by atoms with Crippen molar-refractivity contribution in [1.29, 1.82) is 0 Å². The molecule has 3 rings (SSSR count). The van der Waals surface area contributed by atoms with E-state index in [2.05, 4.69) is 16.4 Å². The molecule has 2 aliphatic rings. The van der Waals surface area contributed by atoms with Gasteiger partial charge in [-0.1, -0.05) is 6.07 Å².